The molecule has 1 aromatic rings. The van der Waals surface area contributed by atoms with Gasteiger partial charge in [-0.3, -0.25) is 9.69 Å². The third kappa shape index (κ3) is 4.41. The van der Waals surface area contributed by atoms with E-state index in [4.69, 9.17) is 4.74 Å². The molecule has 1 saturated carbocycles. The highest BCUT2D eigenvalue weighted by Crippen LogP contribution is 2.31. The van der Waals surface area contributed by atoms with Gasteiger partial charge in [-0.2, -0.15) is 0 Å². The number of hydrogen-bond acceptors (Lipinski definition) is 4. The number of amides is 3. The fourth-order valence-corrected chi connectivity index (χ4v) is 4.18. The lowest BCUT2D eigenvalue weighted by Gasteiger charge is -2.26. The maximum atomic E-state index is 12.8. The van der Waals surface area contributed by atoms with Gasteiger partial charge in [0.1, 0.15) is 5.75 Å². The predicted molar refractivity (Wildman–Crippen MR) is 107 cm³/mol. The second-order valence-electron chi connectivity index (χ2n) is 8.07. The number of carbonyl (C=O) groups is 2. The monoisotopic (exact) mass is 386 g/mol. The summed E-state index contributed by atoms with van der Waals surface area (Å²) in [6, 6.07) is 7.26. The van der Waals surface area contributed by atoms with Crippen molar-refractivity contribution in [3.05, 3.63) is 24.3 Å². The molecule has 0 aromatic heterocycles. The van der Waals surface area contributed by atoms with Crippen molar-refractivity contribution in [1.29, 1.82) is 0 Å². The molecule has 1 atom stereocenters. The highest BCUT2D eigenvalue weighted by Gasteiger charge is 2.38. The first kappa shape index (κ1) is 19.1. The Kier molecular flexibility index (Phi) is 5.71. The molecule has 3 amide bonds. The van der Waals surface area contributed by atoms with Crippen molar-refractivity contribution in [3.8, 4) is 5.75 Å². The summed E-state index contributed by atoms with van der Waals surface area (Å²) < 4.78 is 5.15. The Morgan fingerprint density at radius 3 is 2.57 bits per heavy atom. The van der Waals surface area contributed by atoms with E-state index in [0.717, 1.165) is 56.4 Å². The van der Waals surface area contributed by atoms with Crippen molar-refractivity contribution in [2.45, 2.75) is 31.7 Å². The van der Waals surface area contributed by atoms with E-state index >= 15 is 0 Å². The number of methoxy groups -OCH3 is 1. The van der Waals surface area contributed by atoms with E-state index in [1.165, 1.54) is 12.8 Å². The molecule has 28 heavy (non-hydrogen) atoms. The minimum absolute atomic E-state index is 0.00310. The number of likely N-dealkylation sites (tertiary alicyclic amines) is 1. The van der Waals surface area contributed by atoms with Gasteiger partial charge >= 0.3 is 6.03 Å². The molecular formula is C21H30N4O3. The Morgan fingerprint density at radius 1 is 1.07 bits per heavy atom. The Balaban J connectivity index is 1.29. The molecule has 1 aliphatic carbocycles. The van der Waals surface area contributed by atoms with Crippen LogP contribution in [0.15, 0.2) is 24.3 Å². The van der Waals surface area contributed by atoms with Crippen molar-refractivity contribution < 1.29 is 14.3 Å². The highest BCUT2D eigenvalue weighted by atomic mass is 16.5. The van der Waals surface area contributed by atoms with Crippen molar-refractivity contribution >= 4 is 17.6 Å². The number of hydrogen-bond donors (Lipinski definition) is 1. The van der Waals surface area contributed by atoms with Crippen molar-refractivity contribution in [3.63, 3.8) is 0 Å². The van der Waals surface area contributed by atoms with E-state index < -0.39 is 0 Å². The van der Waals surface area contributed by atoms with Crippen LogP contribution in [0.5, 0.6) is 5.75 Å². The van der Waals surface area contributed by atoms with Crippen molar-refractivity contribution in [1.82, 2.24) is 14.7 Å². The van der Waals surface area contributed by atoms with Crippen LogP contribution < -0.4 is 10.1 Å². The van der Waals surface area contributed by atoms with Crippen LogP contribution in [0.3, 0.4) is 0 Å². The number of urea groups is 1. The average Bonchev–Trinajstić information content (AvgIpc) is 3.49. The summed E-state index contributed by atoms with van der Waals surface area (Å²) in [7, 11) is 1.62. The number of rotatable bonds is 5. The number of anilines is 1. The molecule has 1 N–H and O–H groups in total. The Morgan fingerprint density at radius 2 is 1.86 bits per heavy atom. The molecule has 152 valence electrons. The largest absolute Gasteiger partial charge is 0.497 e. The molecule has 0 bridgehead atoms. The molecular weight excluding hydrogens is 356 g/mol. The molecule has 0 spiro atoms. The molecule has 2 aliphatic heterocycles. The Hall–Kier alpha value is -2.28. The Bertz CT molecular complexity index is 704. The van der Waals surface area contributed by atoms with Gasteiger partial charge < -0.3 is 19.9 Å². The smallest absolute Gasteiger partial charge is 0.321 e. The zero-order chi connectivity index (χ0) is 19.5. The normalized spacial score (nSPS) is 23.6. The number of ether oxygens (including phenoxy) is 1. The molecule has 2 heterocycles. The van der Waals surface area contributed by atoms with E-state index in [9.17, 15) is 9.59 Å². The van der Waals surface area contributed by atoms with Crippen LogP contribution in [0, 0.1) is 5.92 Å². The summed E-state index contributed by atoms with van der Waals surface area (Å²) in [5.74, 6) is 1.80. The minimum Gasteiger partial charge on any atom is -0.497 e. The average molecular weight is 386 g/mol. The van der Waals surface area contributed by atoms with Gasteiger partial charge in [0.15, 0.2) is 0 Å². The number of benzene rings is 1. The van der Waals surface area contributed by atoms with Crippen LogP contribution in [-0.2, 0) is 4.79 Å². The van der Waals surface area contributed by atoms with E-state index in [-0.39, 0.29) is 12.1 Å². The first-order valence-corrected chi connectivity index (χ1v) is 10.4. The molecule has 2 saturated heterocycles. The summed E-state index contributed by atoms with van der Waals surface area (Å²) in [6.45, 7) is 4.82. The Labute approximate surface area is 166 Å². The third-order valence-electron chi connectivity index (χ3n) is 6.04. The predicted octanol–water partition coefficient (Wildman–Crippen LogP) is 2.25. The first-order valence-electron chi connectivity index (χ1n) is 10.4. The summed E-state index contributed by atoms with van der Waals surface area (Å²) in [5.41, 5.74) is 0.758. The van der Waals surface area contributed by atoms with Crippen LogP contribution in [0.2, 0.25) is 0 Å². The molecule has 3 fully saturated rings. The van der Waals surface area contributed by atoms with Gasteiger partial charge in [0.05, 0.1) is 13.2 Å². The standard InChI is InChI=1S/C21H30N4O3/c1-28-18-7-5-17(6-8-18)22-21(27)24-11-2-10-23(13-14-24)19-9-12-25(20(19)26)15-16-3-4-16/h5-8,16,19H,2-4,9-15H2,1H3,(H,22,27)/t19-/m0/s1. The fourth-order valence-electron chi connectivity index (χ4n) is 4.18. The molecule has 0 radical (unpaired) electrons. The molecule has 3 aliphatic rings. The topological polar surface area (TPSA) is 65.1 Å². The lowest BCUT2D eigenvalue weighted by molar-refractivity contribution is -0.132. The van der Waals surface area contributed by atoms with Crippen molar-refractivity contribution in [2.75, 3.05) is 51.7 Å². The van der Waals surface area contributed by atoms with Crippen LogP contribution in [0.25, 0.3) is 0 Å². The zero-order valence-corrected chi connectivity index (χ0v) is 16.6. The quantitative estimate of drug-likeness (QED) is 0.843. The molecule has 1 aromatic carbocycles. The zero-order valence-electron chi connectivity index (χ0n) is 16.6. The van der Waals surface area contributed by atoms with Crippen LogP contribution in [0.1, 0.15) is 25.7 Å². The van der Waals surface area contributed by atoms with E-state index in [2.05, 4.69) is 15.1 Å². The summed E-state index contributed by atoms with van der Waals surface area (Å²) >= 11 is 0. The summed E-state index contributed by atoms with van der Waals surface area (Å²) in [4.78, 5) is 31.6. The van der Waals surface area contributed by atoms with Gasteiger partial charge in [0.2, 0.25) is 5.91 Å². The molecule has 4 rings (SSSR count). The molecule has 7 heteroatoms. The molecule has 0 unspecified atom stereocenters. The van der Waals surface area contributed by atoms with Crippen LogP contribution >= 0.6 is 0 Å². The first-order chi connectivity index (χ1) is 13.6. The van der Waals surface area contributed by atoms with Gasteiger partial charge in [-0.1, -0.05) is 0 Å². The number of nitrogens with zero attached hydrogens (tertiary/aromatic N) is 3. The lowest BCUT2D eigenvalue weighted by atomic mass is 10.2. The highest BCUT2D eigenvalue weighted by molar-refractivity contribution is 5.89. The van der Waals surface area contributed by atoms with E-state index in [0.29, 0.717) is 19.0 Å². The fraction of sp³-hybridized carbons (Fsp3) is 0.619. The van der Waals surface area contributed by atoms with E-state index in [1.807, 2.05) is 29.2 Å². The van der Waals surface area contributed by atoms with Crippen LogP contribution in [0.4, 0.5) is 10.5 Å². The summed E-state index contributed by atoms with van der Waals surface area (Å²) in [6.07, 6.45) is 4.36. The summed E-state index contributed by atoms with van der Waals surface area (Å²) in [5, 5.41) is 2.96. The maximum Gasteiger partial charge on any atom is 0.321 e. The SMILES string of the molecule is COc1ccc(NC(=O)N2CCCN([C@H]3CCN(CC4CC4)C3=O)CC2)cc1. The van der Waals surface area contributed by atoms with Gasteiger partial charge in [0.25, 0.3) is 0 Å². The lowest BCUT2D eigenvalue weighted by Crippen LogP contribution is -2.44. The maximum absolute atomic E-state index is 12.8. The second-order valence-corrected chi connectivity index (χ2v) is 8.07. The van der Waals surface area contributed by atoms with Gasteiger partial charge in [-0.15, -0.1) is 0 Å². The minimum atomic E-state index is -0.0832. The number of nitrogens with one attached hydrogen (secondary N) is 1. The van der Waals surface area contributed by atoms with Gasteiger partial charge in [0, 0.05) is 45.0 Å². The molecule has 7 nitrogen and oxygen atoms in total. The number of carbonyl (C=O) groups excluding carboxylic acids is 2. The second kappa shape index (κ2) is 8.39. The van der Waals surface area contributed by atoms with Gasteiger partial charge in [-0.05, 0) is 55.9 Å². The van der Waals surface area contributed by atoms with Crippen LogP contribution in [-0.4, -0.2) is 79.1 Å². The third-order valence-corrected chi connectivity index (χ3v) is 6.04. The van der Waals surface area contributed by atoms with E-state index in [1.54, 1.807) is 7.11 Å². The van der Waals surface area contributed by atoms with Crippen molar-refractivity contribution in [2.24, 2.45) is 5.92 Å². The van der Waals surface area contributed by atoms with Gasteiger partial charge in [-0.25, -0.2) is 4.79 Å².